The van der Waals surface area contributed by atoms with Crippen LogP contribution in [0.1, 0.15) is 13.8 Å². The van der Waals surface area contributed by atoms with Crippen LogP contribution in [-0.4, -0.2) is 16.7 Å². The van der Waals surface area contributed by atoms with E-state index in [0.29, 0.717) is 16.9 Å². The van der Waals surface area contributed by atoms with E-state index in [0.717, 1.165) is 5.75 Å². The number of thiocarbonyl (C=S) groups is 1. The molecule has 3 heteroatoms. The van der Waals surface area contributed by atoms with Gasteiger partial charge in [-0.15, -0.1) is 6.58 Å². The second kappa shape index (κ2) is 6.68. The molecule has 1 nitrogen and oxygen atoms in total. The summed E-state index contributed by atoms with van der Waals surface area (Å²) < 4.78 is 5.88. The van der Waals surface area contributed by atoms with Crippen molar-refractivity contribution in [3.8, 4) is 0 Å². The summed E-state index contributed by atoms with van der Waals surface area (Å²) in [6.45, 7) is 8.50. The monoisotopic (exact) mass is 190 g/mol. The van der Waals surface area contributed by atoms with Gasteiger partial charge in [-0.25, -0.2) is 0 Å². The molecule has 0 aromatic heterocycles. The van der Waals surface area contributed by atoms with Gasteiger partial charge in [-0.2, -0.15) is 0 Å². The van der Waals surface area contributed by atoms with Gasteiger partial charge in [0, 0.05) is 5.75 Å². The van der Waals surface area contributed by atoms with E-state index in [4.69, 9.17) is 17.0 Å². The lowest BCUT2D eigenvalue weighted by molar-refractivity contribution is 0.273. The predicted molar refractivity (Wildman–Crippen MR) is 56.0 cm³/mol. The van der Waals surface area contributed by atoms with E-state index in [1.165, 1.54) is 11.8 Å². The Balaban J connectivity index is 3.29. The Morgan fingerprint density at radius 3 is 2.82 bits per heavy atom. The van der Waals surface area contributed by atoms with Crippen molar-refractivity contribution in [2.45, 2.75) is 13.8 Å². The summed E-state index contributed by atoms with van der Waals surface area (Å²) >= 11 is 6.44. The van der Waals surface area contributed by atoms with Crippen LogP contribution >= 0.6 is 24.0 Å². The first kappa shape index (κ1) is 11.0. The highest BCUT2D eigenvalue weighted by Gasteiger charge is 1.98. The topological polar surface area (TPSA) is 9.23 Å². The van der Waals surface area contributed by atoms with Gasteiger partial charge in [-0.1, -0.05) is 31.7 Å². The van der Waals surface area contributed by atoms with Crippen molar-refractivity contribution in [1.29, 1.82) is 0 Å². The van der Waals surface area contributed by atoms with Gasteiger partial charge in [0.15, 0.2) is 0 Å². The molecule has 0 bridgehead atoms. The Kier molecular flexibility index (Phi) is 6.66. The molecular formula is C8H14OS2. The van der Waals surface area contributed by atoms with Crippen LogP contribution in [0.3, 0.4) is 0 Å². The van der Waals surface area contributed by atoms with E-state index < -0.39 is 0 Å². The van der Waals surface area contributed by atoms with Gasteiger partial charge in [0.05, 0.1) is 6.61 Å². The quantitative estimate of drug-likeness (QED) is 0.498. The molecule has 0 fully saturated rings. The number of thioether (sulfide) groups is 1. The minimum Gasteiger partial charge on any atom is -0.478 e. The molecular weight excluding hydrogens is 176 g/mol. The molecule has 0 heterocycles. The average molecular weight is 190 g/mol. The molecule has 0 aromatic rings. The lowest BCUT2D eigenvalue weighted by Gasteiger charge is -2.07. The number of hydrogen-bond donors (Lipinski definition) is 0. The van der Waals surface area contributed by atoms with E-state index in [-0.39, 0.29) is 0 Å². The van der Waals surface area contributed by atoms with Gasteiger partial charge in [0.25, 0.3) is 0 Å². The van der Waals surface area contributed by atoms with Gasteiger partial charge >= 0.3 is 0 Å². The molecule has 0 aliphatic heterocycles. The first-order valence-corrected chi connectivity index (χ1v) is 4.96. The molecule has 64 valence electrons. The highest BCUT2D eigenvalue weighted by molar-refractivity contribution is 8.22. The Hall–Kier alpha value is -0.0200. The number of rotatable bonds is 4. The number of hydrogen-bond acceptors (Lipinski definition) is 3. The largest absolute Gasteiger partial charge is 0.478 e. The molecule has 0 aliphatic rings. The SMILES string of the molecule is C=CCSC(=S)OCC(C)C. The normalized spacial score (nSPS) is 9.73. The predicted octanol–water partition coefficient (Wildman–Crippen LogP) is 2.86. The second-order valence-electron chi connectivity index (χ2n) is 2.55. The van der Waals surface area contributed by atoms with Crippen LogP contribution in [0.5, 0.6) is 0 Å². The molecule has 0 unspecified atom stereocenters. The van der Waals surface area contributed by atoms with Gasteiger partial charge < -0.3 is 4.74 Å². The maximum atomic E-state index is 5.25. The van der Waals surface area contributed by atoms with E-state index >= 15 is 0 Å². The zero-order valence-corrected chi connectivity index (χ0v) is 8.63. The van der Waals surface area contributed by atoms with Gasteiger partial charge in [0.1, 0.15) is 0 Å². The Morgan fingerprint density at radius 1 is 1.73 bits per heavy atom. The maximum absolute atomic E-state index is 5.25. The van der Waals surface area contributed by atoms with Crippen LogP contribution < -0.4 is 0 Å². The summed E-state index contributed by atoms with van der Waals surface area (Å²) in [6, 6.07) is 0. The molecule has 0 radical (unpaired) electrons. The molecule has 11 heavy (non-hydrogen) atoms. The summed E-state index contributed by atoms with van der Waals surface area (Å²) in [5, 5.41) is 0. The van der Waals surface area contributed by atoms with Crippen LogP contribution in [0.15, 0.2) is 12.7 Å². The van der Waals surface area contributed by atoms with E-state index in [1.54, 1.807) is 0 Å². The zero-order valence-electron chi connectivity index (χ0n) is 7.00. The van der Waals surface area contributed by atoms with Gasteiger partial charge in [-0.05, 0) is 18.1 Å². The smallest absolute Gasteiger partial charge is 0.220 e. The Morgan fingerprint density at radius 2 is 2.36 bits per heavy atom. The lowest BCUT2D eigenvalue weighted by atomic mass is 10.2. The molecule has 0 saturated heterocycles. The fraction of sp³-hybridized carbons (Fsp3) is 0.625. The van der Waals surface area contributed by atoms with Crippen molar-refractivity contribution in [3.05, 3.63) is 12.7 Å². The average Bonchev–Trinajstić information content (AvgIpc) is 1.97. The summed E-state index contributed by atoms with van der Waals surface area (Å²) in [7, 11) is 0. The fourth-order valence-corrected chi connectivity index (χ4v) is 1.08. The molecule has 0 atom stereocenters. The molecule has 0 N–H and O–H groups in total. The third-order valence-corrected chi connectivity index (χ3v) is 2.08. The zero-order chi connectivity index (χ0) is 8.69. The number of ether oxygens (including phenoxy) is 1. The lowest BCUT2D eigenvalue weighted by Crippen LogP contribution is -2.05. The van der Waals surface area contributed by atoms with Gasteiger partial charge in [0.2, 0.25) is 4.38 Å². The summed E-state index contributed by atoms with van der Waals surface area (Å²) in [5.74, 6) is 1.37. The third-order valence-electron chi connectivity index (χ3n) is 0.854. The standard InChI is InChI=1S/C8H14OS2/c1-4-5-11-8(10)9-6-7(2)3/h4,7H,1,5-6H2,2-3H3. The molecule has 0 aromatic carbocycles. The van der Waals surface area contributed by atoms with Crippen LogP contribution in [0.25, 0.3) is 0 Å². The Bertz CT molecular complexity index is 132. The van der Waals surface area contributed by atoms with Crippen LogP contribution in [-0.2, 0) is 4.74 Å². The molecule has 0 spiro atoms. The fourth-order valence-electron chi connectivity index (χ4n) is 0.403. The highest BCUT2D eigenvalue weighted by atomic mass is 32.2. The van der Waals surface area contributed by atoms with Crippen molar-refractivity contribution in [1.82, 2.24) is 0 Å². The molecule has 0 aliphatic carbocycles. The minimum absolute atomic E-state index is 0.539. The van der Waals surface area contributed by atoms with Crippen molar-refractivity contribution >= 4 is 28.4 Å². The molecule has 0 rings (SSSR count). The molecule has 0 amide bonds. The summed E-state index contributed by atoms with van der Waals surface area (Å²) in [5.41, 5.74) is 0. The van der Waals surface area contributed by atoms with Crippen molar-refractivity contribution in [3.63, 3.8) is 0 Å². The van der Waals surface area contributed by atoms with E-state index in [9.17, 15) is 0 Å². The van der Waals surface area contributed by atoms with Gasteiger partial charge in [-0.3, -0.25) is 0 Å². The van der Waals surface area contributed by atoms with E-state index in [2.05, 4.69) is 20.4 Å². The first-order chi connectivity index (χ1) is 5.16. The summed E-state index contributed by atoms with van der Waals surface area (Å²) in [4.78, 5) is 0. The molecule has 0 saturated carbocycles. The van der Waals surface area contributed by atoms with E-state index in [1.807, 2.05) is 6.08 Å². The highest BCUT2D eigenvalue weighted by Crippen LogP contribution is 2.07. The van der Waals surface area contributed by atoms with Crippen LogP contribution in [0.4, 0.5) is 0 Å². The Labute approximate surface area is 78.2 Å². The van der Waals surface area contributed by atoms with Crippen molar-refractivity contribution in [2.75, 3.05) is 12.4 Å². The first-order valence-electron chi connectivity index (χ1n) is 3.57. The van der Waals surface area contributed by atoms with Crippen molar-refractivity contribution < 1.29 is 4.74 Å². The van der Waals surface area contributed by atoms with Crippen LogP contribution in [0.2, 0.25) is 0 Å². The maximum Gasteiger partial charge on any atom is 0.220 e. The minimum atomic E-state index is 0.539. The second-order valence-corrected chi connectivity index (χ2v) is 4.18. The summed E-state index contributed by atoms with van der Waals surface area (Å²) in [6.07, 6.45) is 1.82. The third kappa shape index (κ3) is 7.88. The van der Waals surface area contributed by atoms with Crippen molar-refractivity contribution in [2.24, 2.45) is 5.92 Å². The van der Waals surface area contributed by atoms with Crippen LogP contribution in [0, 0.1) is 5.92 Å².